The van der Waals surface area contributed by atoms with Gasteiger partial charge in [-0.3, -0.25) is 29.2 Å². The van der Waals surface area contributed by atoms with Gasteiger partial charge in [0.2, 0.25) is 11.8 Å². The molecule has 4 atom stereocenters. The molecule has 19 nitrogen and oxygen atoms in total. The van der Waals surface area contributed by atoms with Gasteiger partial charge in [0.05, 0.1) is 42.9 Å². The lowest BCUT2D eigenvalue weighted by molar-refractivity contribution is -0.155. The molecule has 0 unspecified atom stereocenters. The molecule has 3 saturated heterocycles. The number of nitrogens with zero attached hydrogens (tertiary/aromatic N) is 9. The number of nitrogens with one attached hydrogen (secondary N) is 2. The van der Waals surface area contributed by atoms with Gasteiger partial charge in [0.15, 0.2) is 11.6 Å². The smallest absolute Gasteiger partial charge is 0.406 e. The van der Waals surface area contributed by atoms with Crippen LogP contribution in [0.1, 0.15) is 83.5 Å². The number of aromatic nitrogens is 5. The number of likely N-dealkylation sites (N-methyl/N-ethyl adjacent to an activating group) is 1. The number of fused-ring (bicyclic) bond motifs is 6. The summed E-state index contributed by atoms with van der Waals surface area (Å²) in [6.45, 7) is 13.4. The fraction of sp³-hybridized carbons (Fsp3) is 0.577. The van der Waals surface area contributed by atoms with Crippen LogP contribution in [0.3, 0.4) is 0 Å². The number of cyclic esters (lactones) is 1. The van der Waals surface area contributed by atoms with Crippen molar-refractivity contribution in [3.63, 3.8) is 0 Å². The summed E-state index contributed by atoms with van der Waals surface area (Å²) < 4.78 is 64.8. The number of carbonyl (C=O) groups is 5. The zero-order valence-electron chi connectivity index (χ0n) is 45.5. The number of urea groups is 1. The molecule has 1 aromatic carbocycles. The maximum absolute atomic E-state index is 14.8. The van der Waals surface area contributed by atoms with Crippen LogP contribution in [0.25, 0.3) is 33.5 Å². The number of pyridine rings is 1. The first kappa shape index (κ1) is 65.5. The molecule has 4 aliphatic rings. The number of methoxy groups -OCH3 is 1. The number of ether oxygens (including phenoxy) is 3. The topological polar surface area (TPSA) is 199 Å². The molecule has 1 spiro atoms. The van der Waals surface area contributed by atoms with Crippen molar-refractivity contribution in [2.24, 2.45) is 18.4 Å². The maximum atomic E-state index is 14.8. The summed E-state index contributed by atoms with van der Waals surface area (Å²) in [5.74, 6) is -1.85. The number of hydrogen-bond acceptors (Lipinski definition) is 12. The average molecular weight is 1170 g/mol. The van der Waals surface area contributed by atoms with E-state index in [2.05, 4.69) is 22.3 Å². The SMILES string of the molecule is C=CC(=O)N1CCOC2(CCN(C(=O)N(C)[C@H](C(=O)N[C@H]3Cc4nc(n(C)n4)-c4ccc5c(c4)c(c(-c4cccnc4[C@H](C)OC)n5CC(F)(F)F)CC(C)(C)COC(=O)[C@@H]4CCCN(N4)C3=O)C(C)C)CC2)C1.S.S.S.S. The molecule has 0 aliphatic carbocycles. The molecule has 3 fully saturated rings. The van der Waals surface area contributed by atoms with Gasteiger partial charge in [-0.15, -0.1) is 0 Å². The molecule has 3 aromatic heterocycles. The Morgan fingerprint density at radius 2 is 1.74 bits per heavy atom. The molecule has 7 heterocycles. The molecule has 432 valence electrons. The third-order valence-corrected chi connectivity index (χ3v) is 14.7. The highest BCUT2D eigenvalue weighted by atomic mass is 32.1. The highest BCUT2D eigenvalue weighted by Crippen LogP contribution is 2.43. The van der Waals surface area contributed by atoms with Gasteiger partial charge in [0, 0.05) is 87.4 Å². The Hall–Kier alpha value is -4.99. The number of alkyl halides is 3. The molecule has 2 N–H and O–H groups in total. The van der Waals surface area contributed by atoms with Crippen LogP contribution in [-0.4, -0.2) is 164 Å². The van der Waals surface area contributed by atoms with Crippen molar-refractivity contribution in [2.75, 3.05) is 60.1 Å². The number of morpholine rings is 1. The van der Waals surface area contributed by atoms with Gasteiger partial charge in [-0.05, 0) is 86.9 Å². The summed E-state index contributed by atoms with van der Waals surface area (Å²) in [5.41, 5.74) is 4.21. The second-order valence-electron chi connectivity index (χ2n) is 21.1. The van der Waals surface area contributed by atoms with Crippen molar-refractivity contribution in [3.8, 4) is 22.6 Å². The lowest BCUT2D eigenvalue weighted by Gasteiger charge is -2.47. The number of amides is 5. The number of hydrogen-bond donors (Lipinski definition) is 2. The zero-order chi connectivity index (χ0) is 53.4. The third kappa shape index (κ3) is 14.1. The largest absolute Gasteiger partial charge is 0.464 e. The predicted octanol–water partition coefficient (Wildman–Crippen LogP) is 5.82. The van der Waals surface area contributed by atoms with Crippen LogP contribution < -0.4 is 10.7 Å². The van der Waals surface area contributed by atoms with Crippen molar-refractivity contribution >= 4 is 94.6 Å². The number of hydrazine groups is 1. The summed E-state index contributed by atoms with van der Waals surface area (Å²) in [4.78, 5) is 84.3. The van der Waals surface area contributed by atoms with E-state index in [0.717, 1.165) is 0 Å². The van der Waals surface area contributed by atoms with Gasteiger partial charge >= 0.3 is 18.2 Å². The lowest BCUT2D eigenvalue weighted by atomic mass is 9.84. The monoisotopic (exact) mass is 1170 g/mol. The predicted molar refractivity (Wildman–Crippen MR) is 308 cm³/mol. The van der Waals surface area contributed by atoms with Gasteiger partial charge in [0.1, 0.15) is 24.7 Å². The minimum Gasteiger partial charge on any atom is -0.464 e. The number of piperidine rings is 1. The Morgan fingerprint density at radius 1 is 1.04 bits per heavy atom. The summed E-state index contributed by atoms with van der Waals surface area (Å²) in [7, 11) is 4.73. The fourth-order valence-corrected chi connectivity index (χ4v) is 10.9. The summed E-state index contributed by atoms with van der Waals surface area (Å²) in [5, 5.41) is 9.45. The van der Waals surface area contributed by atoms with E-state index in [4.69, 9.17) is 24.3 Å². The van der Waals surface area contributed by atoms with Gasteiger partial charge in [-0.25, -0.2) is 19.9 Å². The van der Waals surface area contributed by atoms with Crippen LogP contribution in [-0.2, 0) is 59.8 Å². The van der Waals surface area contributed by atoms with E-state index in [9.17, 15) is 37.1 Å². The Labute approximate surface area is 481 Å². The third-order valence-electron chi connectivity index (χ3n) is 14.7. The molecule has 4 aliphatic heterocycles. The second kappa shape index (κ2) is 26.5. The van der Waals surface area contributed by atoms with Crippen molar-refractivity contribution in [2.45, 2.75) is 116 Å². The molecule has 6 bridgehead atoms. The lowest BCUT2D eigenvalue weighted by Crippen LogP contribution is -2.63. The Kier molecular flexibility index (Phi) is 22.3. The summed E-state index contributed by atoms with van der Waals surface area (Å²) in [6.07, 6.45) is -0.645. The van der Waals surface area contributed by atoms with E-state index in [1.807, 2.05) is 13.8 Å². The van der Waals surface area contributed by atoms with E-state index < -0.39 is 71.7 Å². The standard InChI is InChI=1S/C52H68F3N11O8.4H2S/c1-10-41(67)64-23-24-74-51(28-64)17-21-63(22-18-51)49(71)61(7)43(31(2)3)46(68)57-38-26-40-58-45(62(8)60-40)33-15-16-39-35(25-33)36(27-50(5,6)30-73-48(70)37-14-12-20-66(59-37)47(38)69)44(65(39)29-52(53,54)55)34-13-11-19-56-42(34)32(4)72-9;;;;/h10-11,13,15-16,19,25,31-32,37-38,43,59H,1,12,14,17-18,20-24,26-30H2,2-9H3,(H,57,68);4*1H2/t32-,37-,38-,43-;;;;/m0..../s1. The quantitative estimate of drug-likeness (QED) is 0.151. The Morgan fingerprint density at radius 3 is 2.40 bits per heavy atom. The molecule has 5 amide bonds. The molecule has 4 aromatic rings. The molecule has 78 heavy (non-hydrogen) atoms. The van der Waals surface area contributed by atoms with E-state index in [-0.39, 0.29) is 97.7 Å². The number of esters is 1. The minimum atomic E-state index is -4.62. The van der Waals surface area contributed by atoms with Crippen molar-refractivity contribution < 1.29 is 51.4 Å². The molecular formula is C52H76F3N11O8S4. The van der Waals surface area contributed by atoms with Crippen LogP contribution in [0, 0.1) is 11.3 Å². The number of likely N-dealkylation sites (tertiary alicyclic amines) is 1. The molecule has 0 radical (unpaired) electrons. The number of benzene rings is 1. The zero-order valence-corrected chi connectivity index (χ0v) is 49.5. The van der Waals surface area contributed by atoms with Crippen LogP contribution in [0.5, 0.6) is 0 Å². The summed E-state index contributed by atoms with van der Waals surface area (Å²) in [6, 6.07) is 4.84. The maximum Gasteiger partial charge on any atom is 0.406 e. The minimum absolute atomic E-state index is 0. The van der Waals surface area contributed by atoms with Gasteiger partial charge in [-0.1, -0.05) is 34.3 Å². The van der Waals surface area contributed by atoms with E-state index >= 15 is 0 Å². The van der Waals surface area contributed by atoms with Gasteiger partial charge in [0.25, 0.3) is 5.91 Å². The Balaban J connectivity index is 0.00000328. The van der Waals surface area contributed by atoms with Gasteiger partial charge < -0.3 is 38.8 Å². The highest BCUT2D eigenvalue weighted by molar-refractivity contribution is 7.59. The van der Waals surface area contributed by atoms with Crippen LogP contribution in [0.15, 0.2) is 49.2 Å². The van der Waals surface area contributed by atoms with Crippen LogP contribution >= 0.6 is 54.0 Å². The first-order valence-electron chi connectivity index (χ1n) is 25.2. The number of rotatable bonds is 9. The van der Waals surface area contributed by atoms with Crippen molar-refractivity contribution in [1.82, 2.24) is 54.8 Å². The van der Waals surface area contributed by atoms with E-state index in [1.165, 1.54) is 32.3 Å². The molecule has 8 rings (SSSR count). The van der Waals surface area contributed by atoms with Crippen molar-refractivity contribution in [3.05, 3.63) is 66.3 Å². The summed E-state index contributed by atoms with van der Waals surface area (Å²) >= 11 is 0. The second-order valence-corrected chi connectivity index (χ2v) is 21.1. The normalized spacial score (nSPS) is 20.2. The van der Waals surface area contributed by atoms with Crippen molar-refractivity contribution in [1.29, 1.82) is 0 Å². The van der Waals surface area contributed by atoms with E-state index in [0.29, 0.717) is 103 Å². The molecule has 26 heteroatoms. The molecular weight excluding hydrogens is 1090 g/mol. The Bertz CT molecular complexity index is 2810. The first-order chi connectivity index (χ1) is 35.0. The molecule has 0 saturated carbocycles. The van der Waals surface area contributed by atoms with Gasteiger partial charge in [-0.2, -0.15) is 72.3 Å². The van der Waals surface area contributed by atoms with Crippen LogP contribution in [0.4, 0.5) is 18.0 Å². The number of aryl methyl sites for hydroxylation is 1. The first-order valence-corrected chi connectivity index (χ1v) is 25.2. The van der Waals surface area contributed by atoms with Crippen LogP contribution in [0.2, 0.25) is 0 Å². The van der Waals surface area contributed by atoms with E-state index in [1.54, 1.807) is 81.2 Å². The fourth-order valence-electron chi connectivity index (χ4n) is 10.9. The number of halogens is 3. The highest BCUT2D eigenvalue weighted by Gasteiger charge is 2.44. The number of carbonyl (C=O) groups excluding carboxylic acids is 5. The average Bonchev–Trinajstić information content (AvgIpc) is 3.88.